The lowest BCUT2D eigenvalue weighted by Gasteiger charge is -2.23. The van der Waals surface area contributed by atoms with Crippen molar-refractivity contribution in [2.75, 3.05) is 0 Å². The molecule has 146 valence electrons. The third-order valence-corrected chi connectivity index (χ3v) is 5.47. The maximum Gasteiger partial charge on any atom is 0.226 e. The molecule has 0 unspecified atom stereocenters. The Morgan fingerprint density at radius 1 is 1.21 bits per heavy atom. The molecule has 0 saturated heterocycles. The molecule has 0 spiro atoms. The molecule has 7 heteroatoms. The third kappa shape index (κ3) is 3.33. The lowest BCUT2D eigenvalue weighted by Crippen LogP contribution is -2.31. The molecule has 3 aromatic heterocycles. The summed E-state index contributed by atoms with van der Waals surface area (Å²) in [7, 11) is 0. The van der Waals surface area contributed by atoms with Gasteiger partial charge in [-0.25, -0.2) is 0 Å². The fourth-order valence-electron chi connectivity index (χ4n) is 4.02. The lowest BCUT2D eigenvalue weighted by atomic mass is 10.0. The largest absolute Gasteiger partial charge is 0.334 e. The first-order chi connectivity index (χ1) is 14.1. The van der Waals surface area contributed by atoms with Crippen LogP contribution in [-0.4, -0.2) is 35.8 Å². The van der Waals surface area contributed by atoms with E-state index in [9.17, 15) is 4.79 Å². The predicted molar refractivity (Wildman–Crippen MR) is 109 cm³/mol. The summed E-state index contributed by atoms with van der Waals surface area (Å²) in [5, 5.41) is 13.5. The molecule has 7 nitrogen and oxygen atoms in total. The van der Waals surface area contributed by atoms with E-state index in [0.717, 1.165) is 40.4 Å². The molecule has 0 aliphatic heterocycles. The molecule has 0 bridgehead atoms. The van der Waals surface area contributed by atoms with Gasteiger partial charge in [0.25, 0.3) is 0 Å². The highest BCUT2D eigenvalue weighted by Crippen LogP contribution is 2.33. The highest BCUT2D eigenvalue weighted by molar-refractivity contribution is 5.87. The van der Waals surface area contributed by atoms with Gasteiger partial charge in [0.05, 0.1) is 5.52 Å². The van der Waals surface area contributed by atoms with Crippen LogP contribution in [-0.2, 0) is 17.9 Å². The van der Waals surface area contributed by atoms with Crippen molar-refractivity contribution in [2.45, 2.75) is 39.8 Å². The van der Waals surface area contributed by atoms with E-state index in [1.54, 1.807) is 10.7 Å². The minimum absolute atomic E-state index is 0.142. The van der Waals surface area contributed by atoms with Gasteiger partial charge in [0.1, 0.15) is 0 Å². The summed E-state index contributed by atoms with van der Waals surface area (Å²) in [4.78, 5) is 19.1. The van der Waals surface area contributed by atoms with Crippen molar-refractivity contribution < 1.29 is 4.79 Å². The van der Waals surface area contributed by atoms with Crippen molar-refractivity contribution >= 4 is 22.5 Å². The van der Waals surface area contributed by atoms with Crippen molar-refractivity contribution in [3.63, 3.8) is 0 Å². The first-order valence-corrected chi connectivity index (χ1v) is 9.89. The van der Waals surface area contributed by atoms with Gasteiger partial charge in [-0.3, -0.25) is 9.78 Å². The molecule has 0 radical (unpaired) electrons. The maximum absolute atomic E-state index is 13.0. The van der Waals surface area contributed by atoms with Crippen molar-refractivity contribution in [3.05, 3.63) is 65.0 Å². The number of tetrazole rings is 1. The smallest absolute Gasteiger partial charge is 0.226 e. The van der Waals surface area contributed by atoms with Crippen LogP contribution in [0.2, 0.25) is 0 Å². The average Bonchev–Trinajstić information content (AvgIpc) is 3.44. The van der Waals surface area contributed by atoms with Crippen LogP contribution >= 0.6 is 0 Å². The average molecular weight is 386 g/mol. The van der Waals surface area contributed by atoms with Crippen molar-refractivity contribution in [1.82, 2.24) is 29.9 Å². The summed E-state index contributed by atoms with van der Waals surface area (Å²) in [5.41, 5.74) is 5.99. The quantitative estimate of drug-likeness (QED) is 0.526. The van der Waals surface area contributed by atoms with E-state index in [-0.39, 0.29) is 11.8 Å². The van der Waals surface area contributed by atoms with E-state index < -0.39 is 0 Å². The number of amides is 1. The summed E-state index contributed by atoms with van der Waals surface area (Å²) >= 11 is 0. The number of benzene rings is 1. The highest BCUT2D eigenvalue weighted by Gasteiger charge is 2.34. The standard InChI is InChI=1S/C22H22N6O/c1-14-8-15(2)20-18(9-14)10-19(21-24-25-26-28(20)21)13-27(22(29)17-5-6-17)12-16-4-3-7-23-11-16/h3-4,7-11,17H,5-6,12-13H2,1-2H3. The Bertz CT molecular complexity index is 1210. The SMILES string of the molecule is Cc1cc(C)c2c(c1)cc(CN(Cc1cccnc1)C(=O)C1CC1)c1nnnn12. The molecule has 1 aromatic carbocycles. The van der Waals surface area contributed by atoms with E-state index in [1.165, 1.54) is 5.56 Å². The molecule has 5 rings (SSSR count). The van der Waals surface area contributed by atoms with Crippen LogP contribution in [0.3, 0.4) is 0 Å². The topological polar surface area (TPSA) is 76.3 Å². The molecule has 1 saturated carbocycles. The van der Waals surface area contributed by atoms with Crippen molar-refractivity contribution in [1.29, 1.82) is 0 Å². The number of rotatable bonds is 5. The van der Waals surface area contributed by atoms with Crippen LogP contribution in [0.1, 0.15) is 35.1 Å². The van der Waals surface area contributed by atoms with Gasteiger partial charge >= 0.3 is 0 Å². The van der Waals surface area contributed by atoms with Crippen molar-refractivity contribution in [3.8, 4) is 0 Å². The number of hydrogen-bond acceptors (Lipinski definition) is 5. The summed E-state index contributed by atoms with van der Waals surface area (Å²) in [6, 6.07) is 10.3. The number of aryl methyl sites for hydroxylation is 2. The number of nitrogens with zero attached hydrogens (tertiary/aromatic N) is 6. The molecule has 1 fully saturated rings. The van der Waals surface area contributed by atoms with Gasteiger partial charge < -0.3 is 4.90 Å². The molecular formula is C22H22N6O. The van der Waals surface area contributed by atoms with Gasteiger partial charge in [-0.1, -0.05) is 17.7 Å². The summed E-state index contributed by atoms with van der Waals surface area (Å²) in [5.74, 6) is 0.337. The molecule has 1 amide bonds. The van der Waals surface area contributed by atoms with Crippen LogP contribution in [0.4, 0.5) is 0 Å². The third-order valence-electron chi connectivity index (χ3n) is 5.47. The summed E-state index contributed by atoms with van der Waals surface area (Å²) in [6.45, 7) is 5.15. The van der Waals surface area contributed by atoms with Gasteiger partial charge in [0.2, 0.25) is 5.91 Å². The molecule has 1 aliphatic carbocycles. The Hall–Kier alpha value is -3.35. The van der Waals surface area contributed by atoms with Gasteiger partial charge in [-0.2, -0.15) is 4.52 Å². The van der Waals surface area contributed by atoms with Crippen molar-refractivity contribution in [2.24, 2.45) is 5.92 Å². The molecule has 1 aliphatic rings. The molecule has 4 aromatic rings. The van der Waals surface area contributed by atoms with Gasteiger partial charge in [0, 0.05) is 42.4 Å². The minimum atomic E-state index is 0.142. The molecular weight excluding hydrogens is 364 g/mol. The predicted octanol–water partition coefficient (Wildman–Crippen LogP) is 3.23. The highest BCUT2D eigenvalue weighted by atomic mass is 16.2. The zero-order valence-corrected chi connectivity index (χ0v) is 16.5. The van der Waals surface area contributed by atoms with Crippen LogP contribution < -0.4 is 0 Å². The number of carbonyl (C=O) groups is 1. The van der Waals surface area contributed by atoms with E-state index in [2.05, 4.69) is 52.6 Å². The molecule has 29 heavy (non-hydrogen) atoms. The van der Waals surface area contributed by atoms with E-state index in [0.29, 0.717) is 18.7 Å². The second kappa shape index (κ2) is 6.92. The molecule has 0 atom stereocenters. The van der Waals surface area contributed by atoms with E-state index in [1.807, 2.05) is 23.2 Å². The molecule has 3 heterocycles. The normalized spacial score (nSPS) is 13.9. The Labute approximate surface area is 168 Å². The second-order valence-electron chi connectivity index (χ2n) is 7.93. The molecule has 0 N–H and O–H groups in total. The number of carbonyl (C=O) groups excluding carboxylic acids is 1. The van der Waals surface area contributed by atoms with Crippen LogP contribution in [0.25, 0.3) is 16.6 Å². The maximum atomic E-state index is 13.0. The van der Waals surface area contributed by atoms with E-state index in [4.69, 9.17) is 0 Å². The van der Waals surface area contributed by atoms with Crippen LogP contribution in [0.5, 0.6) is 0 Å². The monoisotopic (exact) mass is 386 g/mol. The lowest BCUT2D eigenvalue weighted by molar-refractivity contribution is -0.133. The zero-order chi connectivity index (χ0) is 20.0. The Kier molecular flexibility index (Phi) is 4.23. The fraction of sp³-hybridized carbons (Fsp3) is 0.318. The number of pyridine rings is 2. The minimum Gasteiger partial charge on any atom is -0.334 e. The summed E-state index contributed by atoms with van der Waals surface area (Å²) < 4.78 is 1.79. The first kappa shape index (κ1) is 17.7. The van der Waals surface area contributed by atoms with Gasteiger partial charge in [-0.15, -0.1) is 5.10 Å². The number of fused-ring (bicyclic) bond motifs is 3. The van der Waals surface area contributed by atoms with Gasteiger partial charge in [0.15, 0.2) is 5.65 Å². The Morgan fingerprint density at radius 3 is 2.83 bits per heavy atom. The number of aromatic nitrogens is 5. The van der Waals surface area contributed by atoms with Gasteiger partial charge in [-0.05, 0) is 66.4 Å². The summed E-state index contributed by atoms with van der Waals surface area (Å²) in [6.07, 6.45) is 5.51. The second-order valence-corrected chi connectivity index (χ2v) is 7.93. The Balaban J connectivity index is 1.58. The van der Waals surface area contributed by atoms with E-state index >= 15 is 0 Å². The first-order valence-electron chi connectivity index (χ1n) is 9.89. The fourth-order valence-corrected chi connectivity index (χ4v) is 4.02. The van der Waals surface area contributed by atoms with Crippen LogP contribution in [0.15, 0.2) is 42.7 Å². The zero-order valence-electron chi connectivity index (χ0n) is 16.5. The Morgan fingerprint density at radius 2 is 2.07 bits per heavy atom. The number of hydrogen-bond donors (Lipinski definition) is 0. The van der Waals surface area contributed by atoms with Crippen LogP contribution in [0, 0.1) is 19.8 Å².